The van der Waals surface area contributed by atoms with Gasteiger partial charge < -0.3 is 4.90 Å². The van der Waals surface area contributed by atoms with Crippen LogP contribution in [0.4, 0.5) is 0 Å². The number of amides is 1. The van der Waals surface area contributed by atoms with Crippen LogP contribution in [0.15, 0.2) is 0 Å². The first kappa shape index (κ1) is 14.9. The third-order valence-electron chi connectivity index (χ3n) is 5.51. The van der Waals surface area contributed by atoms with E-state index in [1.165, 1.54) is 38.5 Å². The van der Waals surface area contributed by atoms with Crippen LogP contribution < -0.4 is 0 Å². The Morgan fingerprint density at radius 3 is 2.21 bits per heavy atom. The zero-order valence-electron chi connectivity index (χ0n) is 13.1. The van der Waals surface area contributed by atoms with Gasteiger partial charge in [0.25, 0.3) is 0 Å². The summed E-state index contributed by atoms with van der Waals surface area (Å²) < 4.78 is 0. The van der Waals surface area contributed by atoms with Gasteiger partial charge in [-0.25, -0.2) is 0 Å². The third-order valence-corrected chi connectivity index (χ3v) is 5.51. The van der Waals surface area contributed by atoms with Gasteiger partial charge in [0, 0.05) is 19.0 Å². The normalized spacial score (nSPS) is 23.0. The monoisotopic (exact) mass is 265 g/mol. The van der Waals surface area contributed by atoms with E-state index in [9.17, 15) is 4.79 Å². The molecule has 0 aromatic rings. The van der Waals surface area contributed by atoms with Gasteiger partial charge in [-0.1, -0.05) is 40.0 Å². The van der Waals surface area contributed by atoms with Gasteiger partial charge in [-0.2, -0.15) is 0 Å². The first-order chi connectivity index (χ1) is 9.04. The van der Waals surface area contributed by atoms with Crippen molar-refractivity contribution < 1.29 is 4.79 Å². The van der Waals surface area contributed by atoms with Crippen molar-refractivity contribution in [1.82, 2.24) is 4.90 Å². The fraction of sp³-hybridized carbons (Fsp3) is 0.941. The molecule has 0 aromatic carbocycles. The molecule has 0 atom stereocenters. The van der Waals surface area contributed by atoms with Gasteiger partial charge in [0.1, 0.15) is 0 Å². The van der Waals surface area contributed by atoms with E-state index in [1.807, 2.05) is 0 Å². The Hall–Kier alpha value is -0.530. The second-order valence-corrected chi connectivity index (χ2v) is 7.32. The number of likely N-dealkylation sites (tertiary alicyclic amines) is 1. The number of hydrogen-bond donors (Lipinski definition) is 0. The van der Waals surface area contributed by atoms with E-state index in [0.29, 0.717) is 17.2 Å². The van der Waals surface area contributed by atoms with Gasteiger partial charge in [0.05, 0.1) is 0 Å². The first-order valence-electron chi connectivity index (χ1n) is 8.33. The van der Waals surface area contributed by atoms with Crippen molar-refractivity contribution in [2.45, 2.75) is 72.1 Å². The van der Waals surface area contributed by atoms with Gasteiger partial charge >= 0.3 is 0 Å². The molecule has 1 aliphatic heterocycles. The highest BCUT2D eigenvalue weighted by Crippen LogP contribution is 2.39. The van der Waals surface area contributed by atoms with Crippen LogP contribution in [0.3, 0.4) is 0 Å². The summed E-state index contributed by atoms with van der Waals surface area (Å²) in [4.78, 5) is 14.6. The Kier molecular flexibility index (Phi) is 4.92. The molecule has 1 saturated carbocycles. The van der Waals surface area contributed by atoms with Crippen LogP contribution in [0.25, 0.3) is 0 Å². The van der Waals surface area contributed by atoms with Crippen LogP contribution in [0.1, 0.15) is 72.1 Å². The molecule has 2 fully saturated rings. The molecule has 1 heterocycles. The van der Waals surface area contributed by atoms with Crippen molar-refractivity contribution in [3.63, 3.8) is 0 Å². The second-order valence-electron chi connectivity index (χ2n) is 7.32. The predicted molar refractivity (Wildman–Crippen MR) is 80.0 cm³/mol. The predicted octanol–water partition coefficient (Wildman–Crippen LogP) is 4.24. The largest absolute Gasteiger partial charge is 0.342 e. The van der Waals surface area contributed by atoms with Gasteiger partial charge in [0.15, 0.2) is 0 Å². The van der Waals surface area contributed by atoms with Crippen LogP contribution in [0, 0.1) is 17.3 Å². The zero-order chi connectivity index (χ0) is 13.9. The summed E-state index contributed by atoms with van der Waals surface area (Å²) in [5, 5.41) is 0. The number of carbonyl (C=O) groups excluding carboxylic acids is 1. The molecule has 0 aromatic heterocycles. The van der Waals surface area contributed by atoms with E-state index in [0.717, 1.165) is 31.8 Å². The molecule has 0 N–H and O–H groups in total. The SMILES string of the molecule is CCCC(C)(C)C1CCN(C(=O)C2CCCC2)CC1. The highest BCUT2D eigenvalue weighted by Gasteiger charge is 2.35. The van der Waals surface area contributed by atoms with Gasteiger partial charge in [-0.15, -0.1) is 0 Å². The molecule has 2 rings (SSSR count). The average molecular weight is 265 g/mol. The highest BCUT2D eigenvalue weighted by molar-refractivity contribution is 5.79. The number of piperidine rings is 1. The Labute approximate surface area is 118 Å². The molecule has 0 unspecified atom stereocenters. The number of nitrogens with zero attached hydrogens (tertiary/aromatic N) is 1. The molecule has 1 amide bonds. The average Bonchev–Trinajstić information content (AvgIpc) is 2.92. The molecule has 2 heteroatoms. The molecule has 1 aliphatic carbocycles. The summed E-state index contributed by atoms with van der Waals surface area (Å²) in [5.41, 5.74) is 0.456. The van der Waals surface area contributed by atoms with Crippen molar-refractivity contribution in [2.24, 2.45) is 17.3 Å². The summed E-state index contributed by atoms with van der Waals surface area (Å²) >= 11 is 0. The van der Waals surface area contributed by atoms with Crippen molar-refractivity contribution >= 4 is 5.91 Å². The summed E-state index contributed by atoms with van der Waals surface area (Å²) in [7, 11) is 0. The molecular weight excluding hydrogens is 234 g/mol. The van der Waals surface area contributed by atoms with Crippen LogP contribution >= 0.6 is 0 Å². The topological polar surface area (TPSA) is 20.3 Å². The molecular formula is C17H31NO. The quantitative estimate of drug-likeness (QED) is 0.744. The van der Waals surface area contributed by atoms with Crippen molar-refractivity contribution in [3.8, 4) is 0 Å². The van der Waals surface area contributed by atoms with Crippen molar-refractivity contribution in [1.29, 1.82) is 0 Å². The van der Waals surface area contributed by atoms with E-state index < -0.39 is 0 Å². The maximum Gasteiger partial charge on any atom is 0.225 e. The lowest BCUT2D eigenvalue weighted by Gasteiger charge is -2.41. The number of carbonyl (C=O) groups is 1. The van der Waals surface area contributed by atoms with E-state index in [-0.39, 0.29) is 0 Å². The standard InChI is InChI=1S/C17H31NO/c1-4-11-17(2,3)15-9-12-18(13-10-15)16(19)14-7-5-6-8-14/h14-15H,4-13H2,1-3H3. The maximum absolute atomic E-state index is 12.4. The molecule has 2 nitrogen and oxygen atoms in total. The molecule has 19 heavy (non-hydrogen) atoms. The summed E-state index contributed by atoms with van der Waals surface area (Å²) in [6.07, 6.45) is 9.81. The van der Waals surface area contributed by atoms with Gasteiger partial charge in [-0.05, 0) is 43.4 Å². The van der Waals surface area contributed by atoms with E-state index in [1.54, 1.807) is 0 Å². The lowest BCUT2D eigenvalue weighted by molar-refractivity contribution is -0.137. The lowest BCUT2D eigenvalue weighted by atomic mass is 9.71. The maximum atomic E-state index is 12.4. The fourth-order valence-corrected chi connectivity index (χ4v) is 4.16. The minimum absolute atomic E-state index is 0.361. The van der Waals surface area contributed by atoms with Crippen LogP contribution in [0.5, 0.6) is 0 Å². The van der Waals surface area contributed by atoms with Crippen LogP contribution in [0.2, 0.25) is 0 Å². The van der Waals surface area contributed by atoms with E-state index in [2.05, 4.69) is 25.7 Å². The third kappa shape index (κ3) is 3.52. The Morgan fingerprint density at radius 2 is 1.68 bits per heavy atom. The Bertz CT molecular complexity index is 296. The Balaban J connectivity index is 1.83. The lowest BCUT2D eigenvalue weighted by Crippen LogP contribution is -2.44. The van der Waals surface area contributed by atoms with Crippen molar-refractivity contribution in [3.05, 3.63) is 0 Å². The van der Waals surface area contributed by atoms with Crippen LogP contribution in [-0.4, -0.2) is 23.9 Å². The van der Waals surface area contributed by atoms with E-state index in [4.69, 9.17) is 0 Å². The fourth-order valence-electron chi connectivity index (χ4n) is 4.16. The molecule has 0 bridgehead atoms. The van der Waals surface area contributed by atoms with E-state index >= 15 is 0 Å². The van der Waals surface area contributed by atoms with Gasteiger partial charge in [0.2, 0.25) is 5.91 Å². The summed E-state index contributed by atoms with van der Waals surface area (Å²) in [5.74, 6) is 1.63. The highest BCUT2D eigenvalue weighted by atomic mass is 16.2. The zero-order valence-corrected chi connectivity index (χ0v) is 13.1. The molecule has 110 valence electrons. The number of hydrogen-bond acceptors (Lipinski definition) is 1. The summed E-state index contributed by atoms with van der Waals surface area (Å²) in [6, 6.07) is 0. The minimum Gasteiger partial charge on any atom is -0.342 e. The molecule has 1 saturated heterocycles. The second kappa shape index (κ2) is 6.28. The van der Waals surface area contributed by atoms with Gasteiger partial charge in [-0.3, -0.25) is 4.79 Å². The molecule has 2 aliphatic rings. The Morgan fingerprint density at radius 1 is 1.11 bits per heavy atom. The minimum atomic E-state index is 0.361. The summed E-state index contributed by atoms with van der Waals surface area (Å²) in [6.45, 7) is 9.12. The van der Waals surface area contributed by atoms with Crippen molar-refractivity contribution in [2.75, 3.05) is 13.1 Å². The smallest absolute Gasteiger partial charge is 0.225 e. The number of rotatable bonds is 4. The molecule has 0 spiro atoms. The molecule has 0 radical (unpaired) electrons. The van der Waals surface area contributed by atoms with Crippen LogP contribution in [-0.2, 0) is 4.79 Å². The first-order valence-corrected chi connectivity index (χ1v) is 8.33.